The molecule has 0 aliphatic heterocycles. The van der Waals surface area contributed by atoms with E-state index in [1.54, 1.807) is 30.3 Å². The molecule has 0 spiro atoms. The van der Waals surface area contributed by atoms with Gasteiger partial charge in [-0.15, -0.1) is 0 Å². The van der Waals surface area contributed by atoms with Crippen LogP contribution < -0.4 is 10.7 Å². The van der Waals surface area contributed by atoms with Crippen LogP contribution in [0.25, 0.3) is 0 Å². The van der Waals surface area contributed by atoms with Crippen molar-refractivity contribution in [2.45, 2.75) is 0 Å². The molecule has 2 aromatic rings. The maximum Gasteiger partial charge on any atom is 0.329 e. The van der Waals surface area contributed by atoms with Gasteiger partial charge in [0.05, 0.1) is 11.2 Å². The first kappa shape index (κ1) is 15.7. The van der Waals surface area contributed by atoms with Crippen molar-refractivity contribution in [3.05, 3.63) is 64.9 Å². The van der Waals surface area contributed by atoms with Gasteiger partial charge in [0.15, 0.2) is 0 Å². The molecule has 2 rings (SSSR count). The number of nitrogens with zero attached hydrogens (tertiary/aromatic N) is 1. The molecule has 2 aromatic carbocycles. The molecule has 7 heteroatoms. The third kappa shape index (κ3) is 4.13. The molecule has 2 N–H and O–H groups in total. The molecule has 0 atom stereocenters. The second-order valence-corrected chi connectivity index (χ2v) is 4.56. The summed E-state index contributed by atoms with van der Waals surface area (Å²) in [6, 6.07) is 12.6. The highest BCUT2D eigenvalue weighted by Gasteiger charge is 2.12. The summed E-state index contributed by atoms with van der Waals surface area (Å²) in [6.07, 6.45) is 1.03. The largest absolute Gasteiger partial charge is 0.329 e. The minimum atomic E-state index is -0.979. The van der Waals surface area contributed by atoms with Crippen molar-refractivity contribution < 1.29 is 14.0 Å². The number of carbonyl (C=O) groups is 2. The van der Waals surface area contributed by atoms with Gasteiger partial charge >= 0.3 is 11.8 Å². The average molecular weight is 320 g/mol. The van der Waals surface area contributed by atoms with Gasteiger partial charge in [-0.1, -0.05) is 35.9 Å². The number of hydrazone groups is 1. The Labute approximate surface area is 130 Å². The van der Waals surface area contributed by atoms with Crippen molar-refractivity contribution in [3.8, 4) is 0 Å². The minimum Gasteiger partial charge on any atom is -0.318 e. The molecule has 0 fully saturated rings. The number of halogens is 2. The van der Waals surface area contributed by atoms with Gasteiger partial charge in [-0.3, -0.25) is 9.59 Å². The number of benzene rings is 2. The van der Waals surface area contributed by atoms with Crippen LogP contribution in [0.1, 0.15) is 5.56 Å². The van der Waals surface area contributed by atoms with Crippen LogP contribution in [0.5, 0.6) is 0 Å². The molecule has 0 saturated heterocycles. The van der Waals surface area contributed by atoms with Gasteiger partial charge in [-0.2, -0.15) is 5.10 Å². The molecule has 0 bridgehead atoms. The number of amides is 2. The van der Waals surface area contributed by atoms with Gasteiger partial charge in [0, 0.05) is 11.3 Å². The number of rotatable bonds is 3. The van der Waals surface area contributed by atoms with E-state index < -0.39 is 17.6 Å². The van der Waals surface area contributed by atoms with Gasteiger partial charge < -0.3 is 5.32 Å². The predicted octanol–water partition coefficient (Wildman–Crippen LogP) is 2.57. The first-order valence-electron chi connectivity index (χ1n) is 6.21. The van der Waals surface area contributed by atoms with Crippen LogP contribution in [0.3, 0.4) is 0 Å². The van der Waals surface area contributed by atoms with E-state index in [-0.39, 0.29) is 10.6 Å². The summed E-state index contributed by atoms with van der Waals surface area (Å²) in [6.45, 7) is 0. The Morgan fingerprint density at radius 2 is 1.77 bits per heavy atom. The van der Waals surface area contributed by atoms with Crippen LogP contribution in [0, 0.1) is 5.82 Å². The molecule has 0 aliphatic rings. The fourth-order valence-electron chi connectivity index (χ4n) is 1.55. The normalized spacial score (nSPS) is 10.5. The first-order valence-corrected chi connectivity index (χ1v) is 6.59. The van der Waals surface area contributed by atoms with Crippen molar-refractivity contribution in [3.63, 3.8) is 0 Å². The summed E-state index contributed by atoms with van der Waals surface area (Å²) in [5.74, 6) is -2.45. The topological polar surface area (TPSA) is 70.6 Å². The van der Waals surface area contributed by atoms with Gasteiger partial charge in [0.25, 0.3) is 0 Å². The van der Waals surface area contributed by atoms with E-state index in [4.69, 9.17) is 11.6 Å². The SMILES string of the molecule is O=C(N/N=C/c1c(F)cccc1Cl)C(=O)Nc1ccccc1. The lowest BCUT2D eigenvalue weighted by atomic mass is 10.2. The zero-order chi connectivity index (χ0) is 15.9. The van der Waals surface area contributed by atoms with Crippen LogP contribution in [-0.4, -0.2) is 18.0 Å². The molecule has 0 aliphatic carbocycles. The van der Waals surface area contributed by atoms with E-state index in [0.717, 1.165) is 6.21 Å². The first-order chi connectivity index (χ1) is 10.6. The number of anilines is 1. The molecular formula is C15H11ClFN3O2. The fraction of sp³-hybridized carbons (Fsp3) is 0. The van der Waals surface area contributed by atoms with E-state index in [0.29, 0.717) is 5.69 Å². The smallest absolute Gasteiger partial charge is 0.318 e. The maximum atomic E-state index is 13.5. The van der Waals surface area contributed by atoms with Crippen molar-refractivity contribution >= 4 is 35.3 Å². The van der Waals surface area contributed by atoms with Crippen LogP contribution in [0.2, 0.25) is 5.02 Å². The number of hydrogen-bond donors (Lipinski definition) is 2. The van der Waals surface area contributed by atoms with Crippen molar-refractivity contribution in [1.82, 2.24) is 5.43 Å². The number of hydrogen-bond acceptors (Lipinski definition) is 3. The van der Waals surface area contributed by atoms with Crippen molar-refractivity contribution in [1.29, 1.82) is 0 Å². The lowest BCUT2D eigenvalue weighted by molar-refractivity contribution is -0.136. The number of para-hydroxylation sites is 1. The summed E-state index contributed by atoms with van der Waals surface area (Å²) < 4.78 is 13.5. The van der Waals surface area contributed by atoms with E-state index in [2.05, 4.69) is 10.4 Å². The Hall–Kier alpha value is -2.73. The standard InChI is InChI=1S/C15H11ClFN3O2/c16-12-7-4-8-13(17)11(12)9-18-20-15(22)14(21)19-10-5-2-1-3-6-10/h1-9H,(H,19,21)(H,20,22)/b18-9+. The van der Waals surface area contributed by atoms with Crippen LogP contribution in [-0.2, 0) is 9.59 Å². The monoisotopic (exact) mass is 319 g/mol. The Morgan fingerprint density at radius 3 is 2.45 bits per heavy atom. The second-order valence-electron chi connectivity index (χ2n) is 4.15. The Bertz CT molecular complexity index is 700. The predicted molar refractivity (Wildman–Crippen MR) is 82.2 cm³/mol. The summed E-state index contributed by atoms with van der Waals surface area (Å²) >= 11 is 5.79. The molecule has 2 amide bonds. The van der Waals surface area contributed by atoms with E-state index in [1.165, 1.54) is 18.2 Å². The maximum absolute atomic E-state index is 13.5. The molecule has 0 radical (unpaired) electrons. The molecule has 5 nitrogen and oxygen atoms in total. The van der Waals surface area contributed by atoms with Crippen LogP contribution in [0.4, 0.5) is 10.1 Å². The highest BCUT2D eigenvalue weighted by Crippen LogP contribution is 2.16. The van der Waals surface area contributed by atoms with Crippen LogP contribution >= 0.6 is 11.6 Å². The van der Waals surface area contributed by atoms with Gasteiger partial charge in [-0.25, -0.2) is 9.82 Å². The highest BCUT2D eigenvalue weighted by atomic mass is 35.5. The molecule has 0 saturated carbocycles. The van der Waals surface area contributed by atoms with Crippen molar-refractivity contribution in [2.24, 2.45) is 5.10 Å². The summed E-state index contributed by atoms with van der Waals surface area (Å²) in [4.78, 5) is 23.1. The second kappa shape index (κ2) is 7.33. The quantitative estimate of drug-likeness (QED) is 0.518. The Kier molecular flexibility index (Phi) is 5.21. The van der Waals surface area contributed by atoms with Gasteiger partial charge in [-0.05, 0) is 24.3 Å². The van der Waals surface area contributed by atoms with E-state index in [1.807, 2.05) is 5.43 Å². The zero-order valence-electron chi connectivity index (χ0n) is 11.2. The highest BCUT2D eigenvalue weighted by molar-refractivity contribution is 6.39. The van der Waals surface area contributed by atoms with Gasteiger partial charge in [0.2, 0.25) is 0 Å². The molecule has 0 unspecified atom stereocenters. The molecule has 0 heterocycles. The lowest BCUT2D eigenvalue weighted by Gasteiger charge is -2.03. The number of carbonyl (C=O) groups excluding carboxylic acids is 2. The third-order valence-corrected chi connectivity index (χ3v) is 2.93. The summed E-state index contributed by atoms with van der Waals surface area (Å²) in [7, 11) is 0. The minimum absolute atomic E-state index is 0.0212. The summed E-state index contributed by atoms with van der Waals surface area (Å²) in [5, 5.41) is 6.05. The van der Waals surface area contributed by atoms with Crippen molar-refractivity contribution in [2.75, 3.05) is 5.32 Å². The third-order valence-electron chi connectivity index (χ3n) is 2.60. The summed E-state index contributed by atoms with van der Waals surface area (Å²) in [5.41, 5.74) is 2.50. The molecule has 112 valence electrons. The molecule has 22 heavy (non-hydrogen) atoms. The lowest BCUT2D eigenvalue weighted by Crippen LogP contribution is -2.32. The zero-order valence-corrected chi connectivity index (χ0v) is 12.0. The number of nitrogens with one attached hydrogen (secondary N) is 2. The van der Waals surface area contributed by atoms with E-state index >= 15 is 0 Å². The molecular weight excluding hydrogens is 309 g/mol. The fourth-order valence-corrected chi connectivity index (χ4v) is 1.76. The average Bonchev–Trinajstić information content (AvgIpc) is 2.51. The molecule has 0 aromatic heterocycles. The Balaban J connectivity index is 1.95. The Morgan fingerprint density at radius 1 is 1.05 bits per heavy atom. The van der Waals surface area contributed by atoms with E-state index in [9.17, 15) is 14.0 Å². The van der Waals surface area contributed by atoms with Gasteiger partial charge in [0.1, 0.15) is 5.82 Å². The van der Waals surface area contributed by atoms with Crippen LogP contribution in [0.15, 0.2) is 53.6 Å².